The molecule has 3 aromatic rings. The standard InChI is InChI=1S/C16H12BrIO2/c1-9-3-2-4-10-7-14(20-16(9)10)15(19)12-8-11(18)5-6-13(12)17/h2-8,15,19H,1H3. The molecule has 1 atom stereocenters. The summed E-state index contributed by atoms with van der Waals surface area (Å²) >= 11 is 5.71. The number of hydrogen-bond acceptors (Lipinski definition) is 2. The van der Waals surface area contributed by atoms with Gasteiger partial charge in [0.05, 0.1) is 0 Å². The zero-order valence-corrected chi connectivity index (χ0v) is 14.5. The normalized spacial score (nSPS) is 12.8. The molecule has 0 aliphatic heterocycles. The van der Waals surface area contributed by atoms with Crippen LogP contribution in [0.5, 0.6) is 0 Å². The second-order valence-corrected chi connectivity index (χ2v) is 6.81. The van der Waals surface area contributed by atoms with Gasteiger partial charge in [-0.15, -0.1) is 0 Å². The fourth-order valence-corrected chi connectivity index (χ4v) is 3.22. The van der Waals surface area contributed by atoms with Gasteiger partial charge in [0.25, 0.3) is 0 Å². The number of aliphatic hydroxyl groups excluding tert-OH is 1. The molecule has 0 saturated heterocycles. The molecule has 2 nitrogen and oxygen atoms in total. The number of benzene rings is 2. The second kappa shape index (κ2) is 5.50. The molecule has 102 valence electrons. The van der Waals surface area contributed by atoms with Crippen LogP contribution in [-0.4, -0.2) is 5.11 Å². The molecular weight excluding hydrogens is 431 g/mol. The van der Waals surface area contributed by atoms with Crippen molar-refractivity contribution in [1.82, 2.24) is 0 Å². The quantitative estimate of drug-likeness (QED) is 0.554. The van der Waals surface area contributed by atoms with E-state index in [1.165, 1.54) is 0 Å². The number of para-hydroxylation sites is 1. The molecular formula is C16H12BrIO2. The SMILES string of the molecule is Cc1cccc2cc(C(O)c3cc(I)ccc3Br)oc12. The number of furan rings is 1. The lowest BCUT2D eigenvalue weighted by Crippen LogP contribution is -1.99. The van der Waals surface area contributed by atoms with Gasteiger partial charge in [0, 0.05) is 19.0 Å². The maximum atomic E-state index is 10.6. The molecule has 0 fully saturated rings. The molecule has 1 N–H and O–H groups in total. The Balaban J connectivity index is 2.10. The van der Waals surface area contributed by atoms with Gasteiger partial charge in [-0.25, -0.2) is 0 Å². The van der Waals surface area contributed by atoms with Crippen LogP contribution in [0.4, 0.5) is 0 Å². The van der Waals surface area contributed by atoms with Gasteiger partial charge in [-0.05, 0) is 59.3 Å². The molecule has 0 aliphatic carbocycles. The van der Waals surface area contributed by atoms with Gasteiger partial charge in [-0.2, -0.15) is 0 Å². The summed E-state index contributed by atoms with van der Waals surface area (Å²) in [5.74, 6) is 0.567. The monoisotopic (exact) mass is 442 g/mol. The Morgan fingerprint density at radius 3 is 2.75 bits per heavy atom. The molecule has 0 amide bonds. The van der Waals surface area contributed by atoms with Crippen LogP contribution in [0.2, 0.25) is 0 Å². The van der Waals surface area contributed by atoms with Crippen molar-refractivity contribution in [1.29, 1.82) is 0 Å². The van der Waals surface area contributed by atoms with Gasteiger partial charge >= 0.3 is 0 Å². The zero-order chi connectivity index (χ0) is 14.3. The summed E-state index contributed by atoms with van der Waals surface area (Å²) in [6.45, 7) is 2.00. The summed E-state index contributed by atoms with van der Waals surface area (Å²) in [7, 11) is 0. The van der Waals surface area contributed by atoms with E-state index in [1.54, 1.807) is 0 Å². The van der Waals surface area contributed by atoms with Crippen molar-refractivity contribution >= 4 is 49.5 Å². The minimum absolute atomic E-state index is 0.567. The Morgan fingerprint density at radius 2 is 2.00 bits per heavy atom. The number of aryl methyl sites for hydroxylation is 1. The summed E-state index contributed by atoms with van der Waals surface area (Å²) in [4.78, 5) is 0. The Bertz CT molecular complexity index is 779. The van der Waals surface area contributed by atoms with Gasteiger partial charge in [0.1, 0.15) is 17.4 Å². The lowest BCUT2D eigenvalue weighted by atomic mass is 10.1. The number of fused-ring (bicyclic) bond motifs is 1. The van der Waals surface area contributed by atoms with Crippen LogP contribution in [0.1, 0.15) is 23.0 Å². The van der Waals surface area contributed by atoms with Crippen LogP contribution in [0, 0.1) is 10.5 Å². The lowest BCUT2D eigenvalue weighted by Gasteiger charge is -2.10. The molecule has 1 aromatic heterocycles. The summed E-state index contributed by atoms with van der Waals surface area (Å²) in [5.41, 5.74) is 2.72. The van der Waals surface area contributed by atoms with Crippen LogP contribution in [0.25, 0.3) is 11.0 Å². The highest BCUT2D eigenvalue weighted by Crippen LogP contribution is 2.33. The predicted octanol–water partition coefficient (Wildman–Crippen LogP) is 5.19. The first kappa shape index (κ1) is 14.1. The predicted molar refractivity (Wildman–Crippen MR) is 91.9 cm³/mol. The maximum absolute atomic E-state index is 10.6. The smallest absolute Gasteiger partial charge is 0.138 e. The molecule has 0 bridgehead atoms. The van der Waals surface area contributed by atoms with E-state index in [4.69, 9.17) is 4.42 Å². The van der Waals surface area contributed by atoms with Crippen LogP contribution < -0.4 is 0 Å². The van der Waals surface area contributed by atoms with Crippen molar-refractivity contribution in [3.63, 3.8) is 0 Å². The molecule has 1 heterocycles. The molecule has 3 rings (SSSR count). The Hall–Kier alpha value is -0.850. The summed E-state index contributed by atoms with van der Waals surface area (Å²) in [6, 6.07) is 13.8. The fourth-order valence-electron chi connectivity index (χ4n) is 2.24. The number of halogens is 2. The molecule has 4 heteroatoms. The van der Waals surface area contributed by atoms with E-state index < -0.39 is 6.10 Å². The number of hydrogen-bond donors (Lipinski definition) is 1. The van der Waals surface area contributed by atoms with Crippen LogP contribution in [0.15, 0.2) is 51.4 Å². The molecule has 0 spiro atoms. The highest BCUT2D eigenvalue weighted by atomic mass is 127. The molecule has 0 aliphatic rings. The average Bonchev–Trinajstić information content (AvgIpc) is 2.86. The molecule has 2 aromatic carbocycles. The Morgan fingerprint density at radius 1 is 1.20 bits per heavy atom. The maximum Gasteiger partial charge on any atom is 0.138 e. The highest BCUT2D eigenvalue weighted by Gasteiger charge is 2.19. The van der Waals surface area contributed by atoms with E-state index >= 15 is 0 Å². The van der Waals surface area contributed by atoms with Crippen LogP contribution in [-0.2, 0) is 0 Å². The summed E-state index contributed by atoms with van der Waals surface area (Å²) < 4.78 is 7.79. The minimum atomic E-state index is -0.772. The number of rotatable bonds is 2. The molecule has 20 heavy (non-hydrogen) atoms. The van der Waals surface area contributed by atoms with Gasteiger partial charge in [0.15, 0.2) is 0 Å². The fraction of sp³-hybridized carbons (Fsp3) is 0.125. The van der Waals surface area contributed by atoms with E-state index in [0.29, 0.717) is 5.76 Å². The third-order valence-electron chi connectivity index (χ3n) is 3.28. The largest absolute Gasteiger partial charge is 0.458 e. The van der Waals surface area contributed by atoms with Gasteiger partial charge < -0.3 is 9.52 Å². The first-order valence-corrected chi connectivity index (χ1v) is 8.05. The van der Waals surface area contributed by atoms with Crippen molar-refractivity contribution in [2.45, 2.75) is 13.0 Å². The van der Waals surface area contributed by atoms with Crippen molar-refractivity contribution in [3.8, 4) is 0 Å². The minimum Gasteiger partial charge on any atom is -0.458 e. The Labute approximate surface area is 139 Å². The zero-order valence-electron chi connectivity index (χ0n) is 10.7. The Kier molecular flexibility index (Phi) is 3.88. The third kappa shape index (κ3) is 2.52. The first-order chi connectivity index (χ1) is 9.56. The summed E-state index contributed by atoms with van der Waals surface area (Å²) in [6.07, 6.45) is -0.772. The average molecular weight is 443 g/mol. The molecule has 0 saturated carbocycles. The van der Waals surface area contributed by atoms with Crippen molar-refractivity contribution in [3.05, 3.63) is 67.4 Å². The van der Waals surface area contributed by atoms with Crippen LogP contribution >= 0.6 is 38.5 Å². The highest BCUT2D eigenvalue weighted by molar-refractivity contribution is 14.1. The van der Waals surface area contributed by atoms with E-state index in [-0.39, 0.29) is 0 Å². The topological polar surface area (TPSA) is 33.4 Å². The van der Waals surface area contributed by atoms with Crippen molar-refractivity contribution in [2.75, 3.05) is 0 Å². The third-order valence-corrected chi connectivity index (χ3v) is 4.68. The molecule has 0 radical (unpaired) electrons. The summed E-state index contributed by atoms with van der Waals surface area (Å²) in [5, 5.41) is 11.6. The van der Waals surface area contributed by atoms with Crippen molar-refractivity contribution in [2.24, 2.45) is 0 Å². The second-order valence-electron chi connectivity index (χ2n) is 4.71. The van der Waals surface area contributed by atoms with E-state index in [0.717, 1.165) is 30.1 Å². The van der Waals surface area contributed by atoms with E-state index in [2.05, 4.69) is 38.5 Å². The van der Waals surface area contributed by atoms with E-state index in [1.807, 2.05) is 49.4 Å². The van der Waals surface area contributed by atoms with Gasteiger partial charge in [-0.1, -0.05) is 34.1 Å². The lowest BCUT2D eigenvalue weighted by molar-refractivity contribution is 0.191. The van der Waals surface area contributed by atoms with Crippen molar-refractivity contribution < 1.29 is 9.52 Å². The van der Waals surface area contributed by atoms with Gasteiger partial charge in [0.2, 0.25) is 0 Å². The number of aliphatic hydroxyl groups is 1. The van der Waals surface area contributed by atoms with Gasteiger partial charge in [-0.3, -0.25) is 0 Å². The van der Waals surface area contributed by atoms with E-state index in [9.17, 15) is 5.11 Å². The van der Waals surface area contributed by atoms with Crippen LogP contribution in [0.3, 0.4) is 0 Å². The molecule has 1 unspecified atom stereocenters. The first-order valence-electron chi connectivity index (χ1n) is 6.18.